The number of phenols is 1. The molecule has 1 saturated heterocycles. The Bertz CT molecular complexity index is 1780. The molecule has 0 bridgehead atoms. The zero-order chi connectivity index (χ0) is 34.3. The molecular formula is C31H32F7N5O4. The molecular weight excluding hydrogens is 639 g/mol. The van der Waals surface area contributed by atoms with Crippen LogP contribution in [0.15, 0.2) is 63.9 Å². The fourth-order valence-corrected chi connectivity index (χ4v) is 5.99. The highest BCUT2D eigenvalue weighted by Crippen LogP contribution is 2.35. The standard InChI is InChI=1S/C31H32F7N5O4/c1-18-27(41-13-11-40(12-14-41)15-19-9-10-26(47-19)31(36,37)38)28(45)43(17-24(39)20-5-2-3-8-25(20)44)29(46)42(18)16-21-22(30(33,34)35)6-4-7-23(21)32/h2-8,10,19,24,44H,9,11-17,39H2,1H3/t19?,24-/m0/s1. The molecule has 1 fully saturated rings. The van der Waals surface area contributed by atoms with Gasteiger partial charge in [-0.3, -0.25) is 18.8 Å². The van der Waals surface area contributed by atoms with E-state index in [1.165, 1.54) is 19.1 Å². The summed E-state index contributed by atoms with van der Waals surface area (Å²) in [4.78, 5) is 31.2. The van der Waals surface area contributed by atoms with Crippen LogP contribution in [0.1, 0.15) is 34.8 Å². The molecule has 1 aromatic heterocycles. The second-order valence-corrected chi connectivity index (χ2v) is 11.5. The summed E-state index contributed by atoms with van der Waals surface area (Å²) in [5, 5.41) is 10.3. The molecule has 1 unspecified atom stereocenters. The van der Waals surface area contributed by atoms with Gasteiger partial charge in [0.2, 0.25) is 0 Å². The van der Waals surface area contributed by atoms with Gasteiger partial charge in [-0.2, -0.15) is 26.3 Å². The lowest BCUT2D eigenvalue weighted by atomic mass is 10.1. The lowest BCUT2D eigenvalue weighted by molar-refractivity contribution is -0.138. The number of halogens is 7. The summed E-state index contributed by atoms with van der Waals surface area (Å²) < 4.78 is 102. The first-order chi connectivity index (χ1) is 22.1. The van der Waals surface area contributed by atoms with Crippen LogP contribution in [0.25, 0.3) is 0 Å². The van der Waals surface area contributed by atoms with Crippen LogP contribution in [0.4, 0.5) is 36.4 Å². The molecule has 2 aliphatic heterocycles. The molecule has 9 nitrogen and oxygen atoms in total. The van der Waals surface area contributed by atoms with Crippen LogP contribution in [0.5, 0.6) is 5.75 Å². The predicted octanol–water partition coefficient (Wildman–Crippen LogP) is 4.29. The van der Waals surface area contributed by atoms with Crippen molar-refractivity contribution in [1.82, 2.24) is 14.0 Å². The van der Waals surface area contributed by atoms with E-state index in [9.17, 15) is 45.4 Å². The number of nitrogens with zero attached hydrogens (tertiary/aromatic N) is 4. The number of nitrogens with two attached hydrogens (primary N) is 1. The van der Waals surface area contributed by atoms with Gasteiger partial charge >= 0.3 is 18.0 Å². The number of rotatable bonds is 8. The molecule has 3 N–H and O–H groups in total. The summed E-state index contributed by atoms with van der Waals surface area (Å²) in [7, 11) is 0. The van der Waals surface area contributed by atoms with Crippen molar-refractivity contribution in [3.63, 3.8) is 0 Å². The molecule has 254 valence electrons. The number of aromatic nitrogens is 2. The minimum Gasteiger partial charge on any atom is -0.508 e. The fourth-order valence-electron chi connectivity index (χ4n) is 5.99. The Labute approximate surface area is 263 Å². The van der Waals surface area contributed by atoms with E-state index in [0.29, 0.717) is 19.2 Å². The van der Waals surface area contributed by atoms with Crippen LogP contribution in [0.3, 0.4) is 0 Å². The number of hydrogen-bond donors (Lipinski definition) is 2. The zero-order valence-electron chi connectivity index (χ0n) is 25.1. The van der Waals surface area contributed by atoms with E-state index in [1.807, 2.05) is 4.90 Å². The van der Waals surface area contributed by atoms with Crippen LogP contribution in [0.2, 0.25) is 0 Å². The largest absolute Gasteiger partial charge is 0.508 e. The molecule has 16 heteroatoms. The van der Waals surface area contributed by atoms with Crippen molar-refractivity contribution in [3.05, 3.63) is 103 Å². The maximum Gasteiger partial charge on any atom is 0.448 e. The molecule has 2 aliphatic rings. The number of aromatic hydroxyl groups is 1. The third-order valence-corrected chi connectivity index (χ3v) is 8.40. The molecule has 0 amide bonds. The second-order valence-electron chi connectivity index (χ2n) is 11.5. The summed E-state index contributed by atoms with van der Waals surface area (Å²) in [6.07, 6.45) is -9.15. The van der Waals surface area contributed by atoms with Gasteiger partial charge in [0.1, 0.15) is 23.4 Å². The zero-order valence-corrected chi connectivity index (χ0v) is 25.1. The van der Waals surface area contributed by atoms with Gasteiger partial charge in [0, 0.05) is 56.0 Å². The summed E-state index contributed by atoms with van der Waals surface area (Å²) in [5.74, 6) is -2.42. The molecule has 0 radical (unpaired) electrons. The monoisotopic (exact) mass is 671 g/mol. The molecule has 2 atom stereocenters. The van der Waals surface area contributed by atoms with E-state index in [-0.39, 0.29) is 48.7 Å². The highest BCUT2D eigenvalue weighted by molar-refractivity contribution is 5.50. The Morgan fingerprint density at radius 1 is 0.957 bits per heavy atom. The molecule has 2 aromatic carbocycles. The maximum absolute atomic E-state index is 14.9. The molecule has 3 heterocycles. The molecule has 5 rings (SSSR count). The van der Waals surface area contributed by atoms with Gasteiger partial charge in [-0.1, -0.05) is 24.3 Å². The number of ether oxygens (including phenoxy) is 1. The van der Waals surface area contributed by atoms with Gasteiger partial charge in [0.25, 0.3) is 5.56 Å². The van der Waals surface area contributed by atoms with Crippen LogP contribution >= 0.6 is 0 Å². The highest BCUT2D eigenvalue weighted by atomic mass is 19.4. The van der Waals surface area contributed by atoms with Crippen LogP contribution in [-0.4, -0.2) is 64.1 Å². The molecule has 3 aromatic rings. The van der Waals surface area contributed by atoms with Crippen molar-refractivity contribution in [1.29, 1.82) is 0 Å². The van der Waals surface area contributed by atoms with Gasteiger partial charge in [-0.15, -0.1) is 0 Å². The van der Waals surface area contributed by atoms with E-state index in [0.717, 1.165) is 27.3 Å². The fraction of sp³-hybridized carbons (Fsp3) is 0.419. The van der Waals surface area contributed by atoms with E-state index >= 15 is 0 Å². The van der Waals surface area contributed by atoms with Crippen LogP contribution < -0.4 is 21.9 Å². The van der Waals surface area contributed by atoms with E-state index in [2.05, 4.69) is 0 Å². The van der Waals surface area contributed by atoms with Crippen molar-refractivity contribution in [2.24, 2.45) is 5.73 Å². The van der Waals surface area contributed by atoms with E-state index in [1.54, 1.807) is 17.0 Å². The van der Waals surface area contributed by atoms with Crippen molar-refractivity contribution >= 4 is 5.69 Å². The van der Waals surface area contributed by atoms with Crippen molar-refractivity contribution in [2.75, 3.05) is 37.6 Å². The van der Waals surface area contributed by atoms with Gasteiger partial charge < -0.3 is 20.5 Å². The van der Waals surface area contributed by atoms with E-state index < -0.39 is 71.5 Å². The van der Waals surface area contributed by atoms with Crippen molar-refractivity contribution in [2.45, 2.75) is 50.9 Å². The first-order valence-electron chi connectivity index (χ1n) is 14.7. The molecule has 0 spiro atoms. The normalized spacial score (nSPS) is 18.3. The Hall–Kier alpha value is -4.31. The van der Waals surface area contributed by atoms with Crippen LogP contribution in [-0.2, 0) is 24.0 Å². The molecule has 0 saturated carbocycles. The number of allylic oxidation sites excluding steroid dienone is 1. The van der Waals surface area contributed by atoms with Gasteiger partial charge in [0.15, 0.2) is 5.76 Å². The topological polar surface area (TPSA) is 106 Å². The number of hydrogen-bond acceptors (Lipinski definition) is 7. The highest BCUT2D eigenvalue weighted by Gasteiger charge is 2.40. The number of alkyl halides is 6. The van der Waals surface area contributed by atoms with Crippen molar-refractivity contribution < 1.29 is 40.6 Å². The SMILES string of the molecule is Cc1c(N2CCN(CC3CC=C(C(F)(F)F)O3)CC2)c(=O)n(C[C@H](N)c2ccccc2O)c(=O)n1Cc1c(F)cccc1C(F)(F)F. The molecule has 47 heavy (non-hydrogen) atoms. The number of para-hydroxylation sites is 1. The summed E-state index contributed by atoms with van der Waals surface area (Å²) in [6, 6.07) is 7.36. The second kappa shape index (κ2) is 13.1. The predicted molar refractivity (Wildman–Crippen MR) is 158 cm³/mol. The smallest absolute Gasteiger partial charge is 0.448 e. The summed E-state index contributed by atoms with van der Waals surface area (Å²) in [6.45, 7) is 1.21. The van der Waals surface area contributed by atoms with Crippen LogP contribution in [0, 0.1) is 12.7 Å². The van der Waals surface area contributed by atoms with Crippen molar-refractivity contribution in [3.8, 4) is 5.75 Å². The average Bonchev–Trinajstić information content (AvgIpc) is 3.48. The minimum absolute atomic E-state index is 0.00430. The molecule has 0 aliphatic carbocycles. The number of anilines is 1. The Morgan fingerprint density at radius 3 is 2.26 bits per heavy atom. The Morgan fingerprint density at radius 2 is 1.64 bits per heavy atom. The summed E-state index contributed by atoms with van der Waals surface area (Å²) >= 11 is 0. The Kier molecular flexibility index (Phi) is 9.46. The lowest BCUT2D eigenvalue weighted by Gasteiger charge is -2.37. The Balaban J connectivity index is 1.49. The number of piperazine rings is 1. The third-order valence-electron chi connectivity index (χ3n) is 8.40. The lowest BCUT2D eigenvalue weighted by Crippen LogP contribution is -2.52. The van der Waals surface area contributed by atoms with E-state index in [4.69, 9.17) is 10.5 Å². The van der Waals surface area contributed by atoms with Gasteiger partial charge in [-0.25, -0.2) is 9.18 Å². The third kappa shape index (κ3) is 7.17. The minimum atomic E-state index is -4.94. The number of phenolic OH excluding ortho intramolecular Hbond substituents is 1. The maximum atomic E-state index is 14.9. The first-order valence-corrected chi connectivity index (χ1v) is 14.7. The van der Waals surface area contributed by atoms with Gasteiger partial charge in [-0.05, 0) is 31.2 Å². The first kappa shape index (κ1) is 34.0. The summed E-state index contributed by atoms with van der Waals surface area (Å²) in [5.41, 5.74) is 2.60. The number of benzene rings is 2. The quantitative estimate of drug-likeness (QED) is 0.345. The van der Waals surface area contributed by atoms with Gasteiger partial charge in [0.05, 0.1) is 24.7 Å². The average molecular weight is 672 g/mol.